The number of carbonyl (C=O) groups excluding carboxylic acids is 3. The molecule has 0 saturated carbocycles. The fourth-order valence-corrected chi connectivity index (χ4v) is 5.01. The zero-order valence-corrected chi connectivity index (χ0v) is 24.5. The summed E-state index contributed by atoms with van der Waals surface area (Å²) in [7, 11) is 0. The minimum Gasteiger partial charge on any atom is -0.462 e. The number of rotatable bonds is 8. The Kier molecular flexibility index (Phi) is 10.2. The molecule has 43 heavy (non-hydrogen) atoms. The Balaban J connectivity index is 1.63. The van der Waals surface area contributed by atoms with Gasteiger partial charge in [-0.1, -0.05) is 47.5 Å². The molecule has 0 aliphatic rings. The van der Waals surface area contributed by atoms with E-state index in [9.17, 15) is 27.6 Å². The van der Waals surface area contributed by atoms with E-state index in [2.05, 4.69) is 5.32 Å². The number of urea groups is 1. The Morgan fingerprint density at radius 1 is 0.860 bits per heavy atom. The molecule has 0 fully saturated rings. The van der Waals surface area contributed by atoms with Crippen LogP contribution in [-0.4, -0.2) is 24.5 Å². The van der Waals surface area contributed by atoms with Gasteiger partial charge in [0.25, 0.3) is 5.91 Å². The molecular formula is C30H21Cl2F3N2O5S. The molecule has 1 N–H and O–H groups in total. The lowest BCUT2D eigenvalue weighted by Gasteiger charge is -2.23. The summed E-state index contributed by atoms with van der Waals surface area (Å²) >= 11 is 13.0. The lowest BCUT2D eigenvalue weighted by atomic mass is 10.2. The minimum absolute atomic E-state index is 0.0138. The summed E-state index contributed by atoms with van der Waals surface area (Å²) in [4.78, 5) is 39.2. The summed E-state index contributed by atoms with van der Waals surface area (Å²) in [5.74, 6) is -1.16. The van der Waals surface area contributed by atoms with Gasteiger partial charge in [-0.2, -0.15) is 13.2 Å². The number of ether oxygens (including phenoxy) is 2. The molecule has 0 aliphatic heterocycles. The van der Waals surface area contributed by atoms with Crippen LogP contribution in [0.3, 0.4) is 0 Å². The summed E-state index contributed by atoms with van der Waals surface area (Å²) in [5.41, 5.74) is -0.389. The van der Waals surface area contributed by atoms with Crippen molar-refractivity contribution in [3.63, 3.8) is 0 Å². The molecule has 0 aliphatic carbocycles. The lowest BCUT2D eigenvalue weighted by molar-refractivity contribution is -0.137. The van der Waals surface area contributed by atoms with Crippen molar-refractivity contribution < 1.29 is 37.0 Å². The third kappa shape index (κ3) is 8.01. The maximum atomic E-state index is 13.5. The number of nitrogens with zero attached hydrogens (tertiary/aromatic N) is 1. The molecule has 4 aromatic carbocycles. The van der Waals surface area contributed by atoms with Gasteiger partial charge in [0.15, 0.2) is 0 Å². The van der Waals surface area contributed by atoms with Gasteiger partial charge in [0.2, 0.25) is 0 Å². The third-order valence-corrected chi connectivity index (χ3v) is 7.39. The molecule has 4 rings (SSSR count). The first-order chi connectivity index (χ1) is 20.5. The van der Waals surface area contributed by atoms with E-state index >= 15 is 0 Å². The highest BCUT2D eigenvalue weighted by atomic mass is 35.5. The van der Waals surface area contributed by atoms with Gasteiger partial charge in [0.1, 0.15) is 11.5 Å². The van der Waals surface area contributed by atoms with Gasteiger partial charge in [-0.3, -0.25) is 10.1 Å². The molecule has 0 aromatic heterocycles. The maximum absolute atomic E-state index is 13.5. The summed E-state index contributed by atoms with van der Waals surface area (Å²) in [6.07, 6.45) is -4.56. The molecule has 13 heteroatoms. The van der Waals surface area contributed by atoms with E-state index in [1.807, 2.05) is 0 Å². The molecule has 4 aromatic rings. The van der Waals surface area contributed by atoms with Gasteiger partial charge in [0, 0.05) is 4.90 Å². The number of carbonyl (C=O) groups is 3. The monoisotopic (exact) mass is 648 g/mol. The maximum Gasteiger partial charge on any atom is 0.416 e. The normalized spacial score (nSPS) is 11.0. The Bertz CT molecular complexity index is 1650. The van der Waals surface area contributed by atoms with Crippen LogP contribution in [-0.2, 0) is 10.9 Å². The van der Waals surface area contributed by atoms with E-state index in [1.165, 1.54) is 42.5 Å². The van der Waals surface area contributed by atoms with Crippen molar-refractivity contribution in [1.82, 2.24) is 5.32 Å². The van der Waals surface area contributed by atoms with Gasteiger partial charge in [-0.05, 0) is 85.6 Å². The molecule has 0 bridgehead atoms. The Hall–Kier alpha value is -4.19. The predicted molar refractivity (Wildman–Crippen MR) is 158 cm³/mol. The predicted octanol–water partition coefficient (Wildman–Crippen LogP) is 9.04. The fraction of sp³-hybridized carbons (Fsp3) is 0.100. The summed E-state index contributed by atoms with van der Waals surface area (Å²) in [5, 5.41) is 2.19. The highest BCUT2D eigenvalue weighted by Crippen LogP contribution is 2.38. The number of benzene rings is 4. The molecule has 0 atom stereocenters. The van der Waals surface area contributed by atoms with E-state index < -0.39 is 29.6 Å². The first kappa shape index (κ1) is 31.7. The van der Waals surface area contributed by atoms with Gasteiger partial charge < -0.3 is 9.47 Å². The molecule has 0 radical (unpaired) electrons. The SMILES string of the molecule is CCOC(=O)c1ccccc1SN(C(=O)NC(=O)c1ccccc1Cl)c1ccc(Oc2ccc(C(F)(F)F)cc2Cl)cc1. The Morgan fingerprint density at radius 2 is 1.51 bits per heavy atom. The third-order valence-electron chi connectivity index (χ3n) is 5.65. The number of hydrogen-bond acceptors (Lipinski definition) is 6. The lowest BCUT2D eigenvalue weighted by Crippen LogP contribution is -2.39. The van der Waals surface area contributed by atoms with E-state index in [0.717, 1.165) is 34.5 Å². The summed E-state index contributed by atoms with van der Waals surface area (Å²) in [6.45, 7) is 1.80. The van der Waals surface area contributed by atoms with Crippen LogP contribution in [0.4, 0.5) is 23.7 Å². The topological polar surface area (TPSA) is 84.9 Å². The number of hydrogen-bond donors (Lipinski definition) is 1. The first-order valence-corrected chi connectivity index (χ1v) is 14.0. The summed E-state index contributed by atoms with van der Waals surface area (Å²) < 4.78 is 50.9. The van der Waals surface area contributed by atoms with Crippen molar-refractivity contribution in [1.29, 1.82) is 0 Å². The van der Waals surface area contributed by atoms with Crippen LogP contribution < -0.4 is 14.4 Å². The second-order valence-corrected chi connectivity index (χ2v) is 10.4. The van der Waals surface area contributed by atoms with Crippen molar-refractivity contribution in [3.8, 4) is 11.5 Å². The quantitative estimate of drug-likeness (QED) is 0.152. The van der Waals surface area contributed by atoms with E-state index in [4.69, 9.17) is 32.7 Å². The second kappa shape index (κ2) is 13.9. The van der Waals surface area contributed by atoms with E-state index in [1.54, 1.807) is 37.3 Å². The molecule has 0 saturated heterocycles. The zero-order chi connectivity index (χ0) is 31.1. The number of alkyl halides is 3. The van der Waals surface area contributed by atoms with Gasteiger partial charge in [0.05, 0.1) is 39.0 Å². The van der Waals surface area contributed by atoms with Gasteiger partial charge in [-0.15, -0.1) is 0 Å². The zero-order valence-electron chi connectivity index (χ0n) is 22.2. The number of nitrogens with one attached hydrogen (secondary N) is 1. The highest BCUT2D eigenvalue weighted by molar-refractivity contribution is 8.01. The van der Waals surface area contributed by atoms with Crippen LogP contribution in [0.25, 0.3) is 0 Å². The van der Waals surface area contributed by atoms with Crippen LogP contribution >= 0.6 is 35.1 Å². The van der Waals surface area contributed by atoms with Gasteiger partial charge in [-0.25, -0.2) is 13.9 Å². The highest BCUT2D eigenvalue weighted by Gasteiger charge is 2.31. The number of amides is 3. The van der Waals surface area contributed by atoms with Crippen LogP contribution in [0, 0.1) is 0 Å². The molecule has 0 spiro atoms. The molecule has 3 amide bonds. The summed E-state index contributed by atoms with van der Waals surface area (Å²) in [6, 6.07) is 20.4. The van der Waals surface area contributed by atoms with Crippen LogP contribution in [0.15, 0.2) is 95.9 Å². The number of halogens is 5. The fourth-order valence-electron chi connectivity index (χ4n) is 3.63. The van der Waals surface area contributed by atoms with Crippen molar-refractivity contribution >= 4 is 58.7 Å². The number of esters is 1. The molecule has 7 nitrogen and oxygen atoms in total. The number of imide groups is 1. The Morgan fingerprint density at radius 3 is 2.14 bits per heavy atom. The van der Waals surface area contributed by atoms with Crippen molar-refractivity contribution in [2.45, 2.75) is 18.0 Å². The first-order valence-electron chi connectivity index (χ1n) is 12.5. The molecule has 222 valence electrons. The molecule has 0 heterocycles. The standard InChI is InChI=1S/C30H21Cl2F3N2O5S/c1-2-41-28(39)22-8-4-6-10-26(22)43-37(29(40)36-27(38)21-7-3-5-9-23(21)31)19-12-14-20(15-13-19)42-25-16-11-18(17-24(25)32)30(33,34)35/h3-17H,2H2,1H3,(H,36,38,40). The minimum atomic E-state index is -4.56. The van der Waals surface area contributed by atoms with Crippen LogP contribution in [0.5, 0.6) is 11.5 Å². The van der Waals surface area contributed by atoms with E-state index in [0.29, 0.717) is 4.90 Å². The average Bonchev–Trinajstić information content (AvgIpc) is 2.97. The molecule has 0 unspecified atom stereocenters. The van der Waals surface area contributed by atoms with Gasteiger partial charge >= 0.3 is 18.2 Å². The van der Waals surface area contributed by atoms with Crippen LogP contribution in [0.2, 0.25) is 10.0 Å². The van der Waals surface area contributed by atoms with Crippen molar-refractivity contribution in [2.24, 2.45) is 0 Å². The van der Waals surface area contributed by atoms with Crippen LogP contribution in [0.1, 0.15) is 33.2 Å². The van der Waals surface area contributed by atoms with Crippen molar-refractivity contribution in [2.75, 3.05) is 10.9 Å². The second-order valence-electron chi connectivity index (χ2n) is 8.58. The van der Waals surface area contributed by atoms with E-state index in [-0.39, 0.29) is 45.0 Å². The average molecular weight is 649 g/mol. The largest absolute Gasteiger partial charge is 0.462 e. The van der Waals surface area contributed by atoms with Crippen molar-refractivity contribution in [3.05, 3.63) is 118 Å². The molecular weight excluding hydrogens is 628 g/mol. The number of anilines is 1. The smallest absolute Gasteiger partial charge is 0.416 e. The Labute approximate surface area is 258 Å².